The fraction of sp³-hybridized carbons (Fsp3) is 0. The number of pyridine rings is 1. The van der Waals surface area contributed by atoms with Gasteiger partial charge >= 0.3 is 5.97 Å². The van der Waals surface area contributed by atoms with Crippen molar-refractivity contribution in [2.24, 2.45) is 0 Å². The molecule has 1 rings (SSSR count). The molecule has 0 saturated heterocycles. The lowest BCUT2D eigenvalue weighted by atomic mass is 10.3. The van der Waals surface area contributed by atoms with Gasteiger partial charge in [-0.1, -0.05) is 11.6 Å². The number of nitrogens with one attached hydrogen (secondary N) is 1. The van der Waals surface area contributed by atoms with Gasteiger partial charge in [-0.05, 0) is 12.1 Å². The summed E-state index contributed by atoms with van der Waals surface area (Å²) in [6.07, 6.45) is 0. The number of nitrogens with zero attached hydrogens (tertiary/aromatic N) is 1. The molecule has 0 aliphatic rings. The molecule has 0 fully saturated rings. The van der Waals surface area contributed by atoms with Crippen LogP contribution in [0, 0.1) is 0 Å². The third-order valence-electron chi connectivity index (χ3n) is 1.16. The lowest BCUT2D eigenvalue weighted by molar-refractivity contribution is 0.0691. The van der Waals surface area contributed by atoms with Crippen molar-refractivity contribution in [3.05, 3.63) is 22.8 Å². The van der Waals surface area contributed by atoms with Crippen molar-refractivity contribution in [2.45, 2.75) is 0 Å². The highest BCUT2D eigenvalue weighted by molar-refractivity contribution is 6.33. The highest BCUT2D eigenvalue weighted by Crippen LogP contribution is 2.15. The zero-order valence-corrected chi connectivity index (χ0v) is 6.54. The molecular formula is C6H5ClN2O3. The van der Waals surface area contributed by atoms with E-state index in [0.29, 0.717) is 0 Å². The molecule has 1 aromatic rings. The number of carboxylic acid groups (broad SMARTS) is 1. The summed E-state index contributed by atoms with van der Waals surface area (Å²) in [7, 11) is 0. The van der Waals surface area contributed by atoms with Gasteiger partial charge < -0.3 is 5.11 Å². The number of rotatable bonds is 2. The predicted octanol–water partition coefficient (Wildman–Crippen LogP) is 1.23. The second kappa shape index (κ2) is 3.38. The molecule has 5 nitrogen and oxygen atoms in total. The molecule has 0 amide bonds. The third-order valence-corrected chi connectivity index (χ3v) is 1.47. The largest absolute Gasteiger partial charge is 0.476 e. The van der Waals surface area contributed by atoms with Gasteiger partial charge in [0.15, 0.2) is 11.5 Å². The van der Waals surface area contributed by atoms with Crippen LogP contribution in [-0.2, 0) is 0 Å². The van der Waals surface area contributed by atoms with E-state index in [1.165, 1.54) is 12.1 Å². The summed E-state index contributed by atoms with van der Waals surface area (Å²) >= 11 is 5.50. The Morgan fingerprint density at radius 1 is 1.58 bits per heavy atom. The molecule has 0 spiro atoms. The van der Waals surface area contributed by atoms with Gasteiger partial charge in [0.2, 0.25) is 0 Å². The van der Waals surface area contributed by atoms with Crippen LogP contribution in [0.4, 0.5) is 5.82 Å². The highest BCUT2D eigenvalue weighted by Gasteiger charge is 2.10. The number of carbonyl (C=O) groups is 1. The van der Waals surface area contributed by atoms with Gasteiger partial charge in [-0.15, -0.1) is 0 Å². The maximum atomic E-state index is 10.4. The van der Waals surface area contributed by atoms with Crippen molar-refractivity contribution < 1.29 is 15.1 Å². The summed E-state index contributed by atoms with van der Waals surface area (Å²) in [5.41, 5.74) is 1.42. The minimum atomic E-state index is -1.24. The van der Waals surface area contributed by atoms with Gasteiger partial charge in [-0.2, -0.15) is 0 Å². The Hall–Kier alpha value is -1.33. The van der Waals surface area contributed by atoms with Crippen LogP contribution >= 0.6 is 11.6 Å². The number of aromatic carboxylic acids is 1. The molecule has 0 aliphatic carbocycles. The molecule has 0 bridgehead atoms. The zero-order chi connectivity index (χ0) is 9.14. The molecule has 0 unspecified atom stereocenters. The van der Waals surface area contributed by atoms with E-state index >= 15 is 0 Å². The Morgan fingerprint density at radius 2 is 2.25 bits per heavy atom. The monoisotopic (exact) mass is 188 g/mol. The van der Waals surface area contributed by atoms with E-state index in [4.69, 9.17) is 21.9 Å². The average Bonchev–Trinajstić information content (AvgIpc) is 2.05. The first-order valence-electron chi connectivity index (χ1n) is 2.95. The lowest BCUT2D eigenvalue weighted by Gasteiger charge is -2.00. The minimum absolute atomic E-state index is 0.0292. The smallest absolute Gasteiger partial charge is 0.356 e. The van der Waals surface area contributed by atoms with Crippen molar-refractivity contribution in [3.63, 3.8) is 0 Å². The van der Waals surface area contributed by atoms with Gasteiger partial charge in [-0.3, -0.25) is 10.7 Å². The summed E-state index contributed by atoms with van der Waals surface area (Å²) in [5, 5.41) is 16.9. The normalized spacial score (nSPS) is 9.50. The van der Waals surface area contributed by atoms with Crippen LogP contribution in [0.5, 0.6) is 0 Å². The Kier molecular flexibility index (Phi) is 2.47. The van der Waals surface area contributed by atoms with Gasteiger partial charge in [0, 0.05) is 0 Å². The van der Waals surface area contributed by atoms with Crippen LogP contribution in [0.3, 0.4) is 0 Å². The van der Waals surface area contributed by atoms with E-state index < -0.39 is 5.97 Å². The van der Waals surface area contributed by atoms with Crippen LogP contribution in [0.15, 0.2) is 12.1 Å². The maximum Gasteiger partial charge on any atom is 0.356 e. The van der Waals surface area contributed by atoms with E-state index in [2.05, 4.69) is 4.98 Å². The van der Waals surface area contributed by atoms with E-state index in [1.54, 1.807) is 5.48 Å². The molecule has 1 aromatic heterocycles. The number of anilines is 1. The molecule has 12 heavy (non-hydrogen) atoms. The SMILES string of the molecule is O=C(O)c1nc(NO)ccc1Cl. The van der Waals surface area contributed by atoms with Crippen LogP contribution < -0.4 is 5.48 Å². The summed E-state index contributed by atoms with van der Waals surface area (Å²) in [4.78, 5) is 13.9. The number of aromatic nitrogens is 1. The van der Waals surface area contributed by atoms with Gasteiger partial charge in [0.25, 0.3) is 0 Å². The minimum Gasteiger partial charge on any atom is -0.476 e. The average molecular weight is 189 g/mol. The highest BCUT2D eigenvalue weighted by atomic mass is 35.5. The summed E-state index contributed by atoms with van der Waals surface area (Å²) in [6, 6.07) is 2.69. The number of halogens is 1. The Morgan fingerprint density at radius 3 is 2.75 bits per heavy atom. The molecule has 0 aromatic carbocycles. The van der Waals surface area contributed by atoms with Crippen LogP contribution in [-0.4, -0.2) is 21.3 Å². The second-order valence-electron chi connectivity index (χ2n) is 1.94. The van der Waals surface area contributed by atoms with Crippen molar-refractivity contribution >= 4 is 23.4 Å². The Labute approximate surface area is 72.6 Å². The van der Waals surface area contributed by atoms with Gasteiger partial charge in [0.1, 0.15) is 0 Å². The fourth-order valence-corrected chi connectivity index (χ4v) is 0.840. The number of hydrogen-bond acceptors (Lipinski definition) is 4. The summed E-state index contributed by atoms with van der Waals surface area (Å²) in [6.45, 7) is 0. The molecule has 64 valence electrons. The molecule has 0 atom stereocenters. The molecule has 3 N–H and O–H groups in total. The third kappa shape index (κ3) is 1.63. The van der Waals surface area contributed by atoms with Gasteiger partial charge in [0.05, 0.1) is 5.02 Å². The first-order chi connectivity index (χ1) is 5.65. The summed E-state index contributed by atoms with van der Waals surface area (Å²) < 4.78 is 0. The van der Waals surface area contributed by atoms with Crippen molar-refractivity contribution in [2.75, 3.05) is 5.48 Å². The maximum absolute atomic E-state index is 10.4. The predicted molar refractivity (Wildman–Crippen MR) is 41.6 cm³/mol. The Bertz CT molecular complexity index is 316. The van der Waals surface area contributed by atoms with E-state index in [-0.39, 0.29) is 16.5 Å². The van der Waals surface area contributed by atoms with E-state index in [1.807, 2.05) is 0 Å². The number of hydrogen-bond donors (Lipinski definition) is 3. The van der Waals surface area contributed by atoms with Crippen LogP contribution in [0.25, 0.3) is 0 Å². The fourth-order valence-electron chi connectivity index (χ4n) is 0.654. The second-order valence-corrected chi connectivity index (χ2v) is 2.35. The first kappa shape index (κ1) is 8.76. The summed E-state index contributed by atoms with van der Waals surface area (Å²) in [5.74, 6) is -1.20. The van der Waals surface area contributed by atoms with E-state index in [9.17, 15) is 4.79 Å². The topological polar surface area (TPSA) is 82.5 Å². The molecule has 0 aliphatic heterocycles. The molecule has 0 radical (unpaired) electrons. The molecule has 0 saturated carbocycles. The quantitative estimate of drug-likeness (QED) is 0.608. The first-order valence-corrected chi connectivity index (χ1v) is 3.33. The van der Waals surface area contributed by atoms with Crippen molar-refractivity contribution in [3.8, 4) is 0 Å². The van der Waals surface area contributed by atoms with Crippen molar-refractivity contribution in [1.29, 1.82) is 0 Å². The number of carboxylic acids is 1. The van der Waals surface area contributed by atoms with E-state index in [0.717, 1.165) is 0 Å². The molecule has 1 heterocycles. The standard InChI is InChI=1S/C6H5ClN2O3/c7-3-1-2-4(9-12)8-5(3)6(10)11/h1-2,12H,(H,8,9)(H,10,11). The molecular weight excluding hydrogens is 184 g/mol. The molecule has 6 heteroatoms. The van der Waals surface area contributed by atoms with Crippen molar-refractivity contribution in [1.82, 2.24) is 4.98 Å². The van der Waals surface area contributed by atoms with Crippen LogP contribution in [0.1, 0.15) is 10.5 Å². The Balaban J connectivity index is 3.17. The zero-order valence-electron chi connectivity index (χ0n) is 5.78. The van der Waals surface area contributed by atoms with Gasteiger partial charge in [-0.25, -0.2) is 9.78 Å². The van der Waals surface area contributed by atoms with Crippen LogP contribution in [0.2, 0.25) is 5.02 Å². The lowest BCUT2D eigenvalue weighted by Crippen LogP contribution is -2.03.